The van der Waals surface area contributed by atoms with E-state index in [2.05, 4.69) is 9.97 Å². The normalized spacial score (nSPS) is 12.5. The summed E-state index contributed by atoms with van der Waals surface area (Å²) in [6, 6.07) is 7.56. The summed E-state index contributed by atoms with van der Waals surface area (Å²) in [5.41, 5.74) is 2.01. The number of aryl methyl sites for hydroxylation is 1. The van der Waals surface area contributed by atoms with E-state index in [4.69, 9.17) is 11.6 Å². The number of halogens is 1. The zero-order valence-corrected chi connectivity index (χ0v) is 14.8. The van der Waals surface area contributed by atoms with E-state index in [1.54, 1.807) is 6.92 Å². The summed E-state index contributed by atoms with van der Waals surface area (Å²) >= 11 is 8.73. The Hall–Kier alpha value is -1.63. The van der Waals surface area contributed by atoms with Gasteiger partial charge in [0.15, 0.2) is 0 Å². The van der Waals surface area contributed by atoms with Crippen molar-refractivity contribution < 1.29 is 9.90 Å². The molecule has 23 heavy (non-hydrogen) atoms. The third-order valence-electron chi connectivity index (χ3n) is 3.30. The molecule has 1 aromatic carbocycles. The lowest BCUT2D eigenvalue weighted by Gasteiger charge is -2.09. The number of fused-ring (bicyclic) bond motifs is 1. The van der Waals surface area contributed by atoms with Gasteiger partial charge in [-0.3, -0.25) is 4.79 Å². The molecule has 0 amide bonds. The molecule has 0 saturated heterocycles. The Kier molecular flexibility index (Phi) is 4.57. The molecule has 2 heterocycles. The summed E-state index contributed by atoms with van der Waals surface area (Å²) in [5.74, 6) is -0.218. The number of aromatic nitrogens is 2. The summed E-state index contributed by atoms with van der Waals surface area (Å²) in [7, 11) is 0. The van der Waals surface area contributed by atoms with Crippen LogP contribution in [0.4, 0.5) is 0 Å². The maximum Gasteiger partial charge on any atom is 0.316 e. The van der Waals surface area contributed by atoms with Crippen LogP contribution in [0.25, 0.3) is 21.3 Å². The lowest BCUT2D eigenvalue weighted by molar-refractivity contribution is -0.136. The fourth-order valence-electron chi connectivity index (χ4n) is 2.16. The Morgan fingerprint density at radius 3 is 2.65 bits per heavy atom. The number of hydrogen-bond donors (Lipinski definition) is 1. The van der Waals surface area contributed by atoms with E-state index < -0.39 is 11.2 Å². The number of benzene rings is 1. The second-order valence-corrected chi connectivity index (χ2v) is 7.63. The topological polar surface area (TPSA) is 63.1 Å². The highest BCUT2D eigenvalue weighted by molar-refractivity contribution is 8.00. The second-order valence-electron chi connectivity index (χ2n) is 5.01. The number of hydrogen-bond acceptors (Lipinski definition) is 5. The number of nitrogens with zero attached hydrogens (tertiary/aromatic N) is 2. The summed E-state index contributed by atoms with van der Waals surface area (Å²) in [6.07, 6.45) is 0. The molecule has 0 aliphatic heterocycles. The second kappa shape index (κ2) is 6.47. The molecule has 3 aromatic rings. The van der Waals surface area contributed by atoms with Crippen molar-refractivity contribution >= 4 is 50.9 Å². The fraction of sp³-hybridized carbons (Fsp3) is 0.188. The molecular weight excluding hydrogens is 352 g/mol. The number of carboxylic acids is 1. The van der Waals surface area contributed by atoms with E-state index in [1.165, 1.54) is 23.1 Å². The molecule has 1 N–H and O–H groups in total. The van der Waals surface area contributed by atoms with Gasteiger partial charge in [-0.25, -0.2) is 9.97 Å². The van der Waals surface area contributed by atoms with Crippen molar-refractivity contribution in [2.75, 3.05) is 0 Å². The third-order valence-corrected chi connectivity index (χ3v) is 5.50. The van der Waals surface area contributed by atoms with Crippen LogP contribution in [0.5, 0.6) is 0 Å². The number of carbonyl (C=O) groups is 1. The minimum Gasteiger partial charge on any atom is -0.480 e. The van der Waals surface area contributed by atoms with E-state index in [-0.39, 0.29) is 0 Å². The van der Waals surface area contributed by atoms with Crippen LogP contribution < -0.4 is 0 Å². The molecule has 0 spiro atoms. The third kappa shape index (κ3) is 3.34. The molecule has 0 saturated carbocycles. The van der Waals surface area contributed by atoms with Crippen molar-refractivity contribution in [1.82, 2.24) is 9.97 Å². The zero-order valence-electron chi connectivity index (χ0n) is 12.4. The van der Waals surface area contributed by atoms with Gasteiger partial charge in [0.1, 0.15) is 20.9 Å². The molecule has 0 fully saturated rings. The summed E-state index contributed by atoms with van der Waals surface area (Å²) < 4.78 is 0. The Morgan fingerprint density at radius 2 is 2.00 bits per heavy atom. The van der Waals surface area contributed by atoms with Crippen LogP contribution in [0.1, 0.15) is 12.7 Å². The quantitative estimate of drug-likeness (QED) is 0.527. The van der Waals surface area contributed by atoms with Gasteiger partial charge in [0, 0.05) is 16.0 Å². The molecule has 0 aliphatic carbocycles. The summed E-state index contributed by atoms with van der Waals surface area (Å²) in [6.45, 7) is 3.47. The fourth-order valence-corrected chi connectivity index (χ4v) is 4.28. The molecule has 1 atom stereocenters. The molecule has 1 unspecified atom stereocenters. The van der Waals surface area contributed by atoms with Crippen LogP contribution in [0.3, 0.4) is 0 Å². The molecule has 0 radical (unpaired) electrons. The number of aliphatic carboxylic acids is 1. The number of rotatable bonds is 4. The highest BCUT2D eigenvalue weighted by atomic mass is 35.5. The average molecular weight is 365 g/mol. The predicted octanol–water partition coefficient (Wildman–Crippen LogP) is 4.89. The average Bonchev–Trinajstić information content (AvgIpc) is 2.91. The Morgan fingerprint density at radius 1 is 1.30 bits per heavy atom. The van der Waals surface area contributed by atoms with Crippen molar-refractivity contribution in [1.29, 1.82) is 0 Å². The minimum absolute atomic E-state index is 0.578. The molecule has 7 heteroatoms. The molecular formula is C16H13ClN2O2S2. The molecule has 118 valence electrons. The van der Waals surface area contributed by atoms with Gasteiger partial charge >= 0.3 is 5.97 Å². The van der Waals surface area contributed by atoms with Gasteiger partial charge in [0.05, 0.1) is 5.39 Å². The van der Waals surface area contributed by atoms with Crippen molar-refractivity contribution in [3.05, 3.63) is 40.5 Å². The monoisotopic (exact) mass is 364 g/mol. The first kappa shape index (κ1) is 16.2. The maximum absolute atomic E-state index is 11.2. The van der Waals surface area contributed by atoms with Gasteiger partial charge in [-0.05, 0) is 31.5 Å². The lowest BCUT2D eigenvalue weighted by atomic mass is 10.1. The molecule has 2 aromatic heterocycles. The Labute approximate surface area is 146 Å². The van der Waals surface area contributed by atoms with Crippen LogP contribution in [-0.2, 0) is 4.79 Å². The Balaban J connectivity index is 2.16. The number of carboxylic acid groups (broad SMARTS) is 1. The predicted molar refractivity (Wildman–Crippen MR) is 95.6 cm³/mol. The van der Waals surface area contributed by atoms with E-state index in [9.17, 15) is 9.90 Å². The van der Waals surface area contributed by atoms with E-state index in [1.807, 2.05) is 36.6 Å². The van der Waals surface area contributed by atoms with Gasteiger partial charge in [0.25, 0.3) is 0 Å². The first-order valence-corrected chi connectivity index (χ1v) is 9.00. The SMILES string of the molecule is Cc1nc(SC(C)C(=O)O)c2c(-c3ccc(Cl)cc3)csc2n1. The molecule has 4 nitrogen and oxygen atoms in total. The van der Waals surface area contributed by atoms with Crippen LogP contribution >= 0.6 is 34.7 Å². The van der Waals surface area contributed by atoms with Crippen molar-refractivity contribution in [2.24, 2.45) is 0 Å². The van der Waals surface area contributed by atoms with E-state index in [0.29, 0.717) is 15.9 Å². The van der Waals surface area contributed by atoms with Crippen LogP contribution in [-0.4, -0.2) is 26.3 Å². The summed E-state index contributed by atoms with van der Waals surface area (Å²) in [4.78, 5) is 21.0. The number of thioether (sulfide) groups is 1. The molecule has 0 aliphatic rings. The van der Waals surface area contributed by atoms with Gasteiger partial charge in [-0.1, -0.05) is 35.5 Å². The van der Waals surface area contributed by atoms with Gasteiger partial charge in [0.2, 0.25) is 0 Å². The van der Waals surface area contributed by atoms with Crippen LogP contribution in [0, 0.1) is 6.92 Å². The first-order valence-electron chi connectivity index (χ1n) is 6.87. The first-order chi connectivity index (χ1) is 11.0. The van der Waals surface area contributed by atoms with Gasteiger partial charge in [-0.2, -0.15) is 0 Å². The van der Waals surface area contributed by atoms with Gasteiger partial charge in [-0.15, -0.1) is 11.3 Å². The molecule has 0 bridgehead atoms. The highest BCUT2D eigenvalue weighted by Crippen LogP contribution is 2.39. The smallest absolute Gasteiger partial charge is 0.316 e. The van der Waals surface area contributed by atoms with E-state index >= 15 is 0 Å². The van der Waals surface area contributed by atoms with Gasteiger partial charge < -0.3 is 5.11 Å². The van der Waals surface area contributed by atoms with Crippen LogP contribution in [0.2, 0.25) is 5.02 Å². The number of thiophene rings is 1. The van der Waals surface area contributed by atoms with Crippen molar-refractivity contribution in [2.45, 2.75) is 24.1 Å². The standard InChI is InChI=1S/C16H13ClN2O2S2/c1-8(16(20)21)23-15-13-12(10-3-5-11(17)6-4-10)7-22-14(13)18-9(2)19-15/h3-8H,1-2H3,(H,20,21). The van der Waals surface area contributed by atoms with E-state index in [0.717, 1.165) is 21.3 Å². The largest absolute Gasteiger partial charge is 0.480 e. The zero-order chi connectivity index (χ0) is 16.6. The van der Waals surface area contributed by atoms with Crippen molar-refractivity contribution in [3.8, 4) is 11.1 Å². The maximum atomic E-state index is 11.2. The summed E-state index contributed by atoms with van der Waals surface area (Å²) in [5, 5.41) is 12.9. The highest BCUT2D eigenvalue weighted by Gasteiger charge is 2.19. The minimum atomic E-state index is -0.859. The lowest BCUT2D eigenvalue weighted by Crippen LogP contribution is -2.11. The van der Waals surface area contributed by atoms with Crippen molar-refractivity contribution in [3.63, 3.8) is 0 Å². The molecule has 3 rings (SSSR count). The van der Waals surface area contributed by atoms with Crippen LogP contribution in [0.15, 0.2) is 34.7 Å². The Bertz CT molecular complexity index is 878.